The van der Waals surface area contributed by atoms with Crippen molar-refractivity contribution < 1.29 is 23.9 Å². The first-order valence-electron chi connectivity index (χ1n) is 12.6. The van der Waals surface area contributed by atoms with Gasteiger partial charge >= 0.3 is 0 Å². The Bertz CT molecular complexity index is 1190. The van der Waals surface area contributed by atoms with Crippen molar-refractivity contribution in [3.05, 3.63) is 30.6 Å². The lowest BCUT2D eigenvalue weighted by atomic mass is 9.65. The third-order valence-corrected chi connectivity index (χ3v) is 8.76. The quantitative estimate of drug-likeness (QED) is 0.392. The number of carbonyl (C=O) groups excluding carboxylic acids is 4. The average Bonchev–Trinajstić information content (AvgIpc) is 3.53. The second kappa shape index (κ2) is 8.54. The average molecular weight is 511 g/mol. The van der Waals surface area contributed by atoms with Gasteiger partial charge in [0.1, 0.15) is 17.0 Å². The molecule has 37 heavy (non-hydrogen) atoms. The minimum atomic E-state index is -1.75. The van der Waals surface area contributed by atoms with Crippen LogP contribution in [0.15, 0.2) is 30.6 Å². The van der Waals surface area contributed by atoms with Crippen molar-refractivity contribution in [2.45, 2.75) is 51.3 Å². The Balaban J connectivity index is 1.59. The van der Waals surface area contributed by atoms with E-state index in [0.29, 0.717) is 11.4 Å². The lowest BCUT2D eigenvalue weighted by Gasteiger charge is -2.47. The number of nitrogens with zero attached hydrogens (tertiary/aromatic N) is 2. The molecule has 0 aromatic carbocycles. The van der Waals surface area contributed by atoms with Crippen LogP contribution in [0.5, 0.6) is 5.75 Å². The topological polar surface area (TPSA) is 184 Å². The van der Waals surface area contributed by atoms with Gasteiger partial charge in [0.15, 0.2) is 6.10 Å². The van der Waals surface area contributed by atoms with Crippen LogP contribution >= 0.6 is 0 Å². The minimum Gasteiger partial charge on any atom is -0.478 e. The summed E-state index contributed by atoms with van der Waals surface area (Å²) < 4.78 is 5.93. The molecule has 5 unspecified atom stereocenters. The van der Waals surface area contributed by atoms with E-state index in [1.165, 1.54) is 17.3 Å². The van der Waals surface area contributed by atoms with Crippen LogP contribution in [0.25, 0.3) is 0 Å². The highest BCUT2D eigenvalue weighted by molar-refractivity contribution is 6.00. The summed E-state index contributed by atoms with van der Waals surface area (Å²) in [4.78, 5) is 59.1. The molecule has 2 bridgehead atoms. The molecular formula is C26H34N6O5. The van der Waals surface area contributed by atoms with Crippen molar-refractivity contribution in [1.29, 1.82) is 0 Å². The summed E-state index contributed by atoms with van der Waals surface area (Å²) in [6.07, 6.45) is 6.56. The minimum absolute atomic E-state index is 0.0547. The number of pyridine rings is 1. The normalized spacial score (nSPS) is 33.2. The zero-order valence-corrected chi connectivity index (χ0v) is 21.2. The number of likely N-dealkylation sites (tertiary alicyclic amines) is 1. The summed E-state index contributed by atoms with van der Waals surface area (Å²) in [6, 6.07) is 0.646. The van der Waals surface area contributed by atoms with Gasteiger partial charge in [-0.1, -0.05) is 32.9 Å². The van der Waals surface area contributed by atoms with E-state index in [2.05, 4.69) is 16.4 Å². The van der Waals surface area contributed by atoms with Gasteiger partial charge < -0.3 is 32.2 Å². The molecule has 0 radical (unpaired) electrons. The zero-order chi connectivity index (χ0) is 26.9. The maximum absolute atomic E-state index is 13.9. The van der Waals surface area contributed by atoms with Gasteiger partial charge in [-0.05, 0) is 29.6 Å². The van der Waals surface area contributed by atoms with E-state index in [0.717, 1.165) is 6.42 Å². The summed E-state index contributed by atoms with van der Waals surface area (Å²) in [6.45, 7) is 5.74. The van der Waals surface area contributed by atoms with Crippen LogP contribution in [-0.2, 0) is 19.2 Å². The van der Waals surface area contributed by atoms with Crippen molar-refractivity contribution in [3.63, 3.8) is 0 Å². The summed E-state index contributed by atoms with van der Waals surface area (Å²) in [5.41, 5.74) is 16.6. The number of primary amides is 2. The van der Waals surface area contributed by atoms with Crippen molar-refractivity contribution >= 4 is 29.3 Å². The molecule has 11 nitrogen and oxygen atoms in total. The van der Waals surface area contributed by atoms with E-state index in [1.807, 2.05) is 26.8 Å². The molecule has 1 saturated heterocycles. The number of ether oxygens (including phenoxy) is 1. The number of rotatable bonds is 6. The first-order chi connectivity index (χ1) is 17.4. The number of anilines is 1. The van der Waals surface area contributed by atoms with Crippen LogP contribution in [0.4, 0.5) is 5.69 Å². The number of carbonyl (C=O) groups is 4. The summed E-state index contributed by atoms with van der Waals surface area (Å²) in [5.74, 6) is -3.90. The van der Waals surface area contributed by atoms with Gasteiger partial charge in [0.25, 0.3) is 5.91 Å². The highest BCUT2D eigenvalue weighted by Gasteiger charge is 2.70. The molecule has 2 aliphatic heterocycles. The fourth-order valence-electron chi connectivity index (χ4n) is 6.95. The Kier molecular flexibility index (Phi) is 5.82. The number of hydrogen-bond acceptors (Lipinski definition) is 7. The van der Waals surface area contributed by atoms with Crippen molar-refractivity contribution in [2.75, 3.05) is 11.9 Å². The molecule has 5 rings (SSSR count). The van der Waals surface area contributed by atoms with Crippen LogP contribution in [0.2, 0.25) is 0 Å². The molecule has 198 valence electrons. The monoisotopic (exact) mass is 510 g/mol. The number of hydrogen-bond donors (Lipinski definition) is 4. The molecule has 8 atom stereocenters. The molecule has 11 heteroatoms. The largest absolute Gasteiger partial charge is 0.478 e. The first-order valence-corrected chi connectivity index (χ1v) is 12.6. The van der Waals surface area contributed by atoms with Gasteiger partial charge in [-0.3, -0.25) is 24.2 Å². The molecule has 1 aromatic heterocycles. The predicted molar refractivity (Wildman–Crippen MR) is 133 cm³/mol. The van der Waals surface area contributed by atoms with Gasteiger partial charge in [-0.15, -0.1) is 0 Å². The Morgan fingerprint density at radius 3 is 2.59 bits per heavy atom. The summed E-state index contributed by atoms with van der Waals surface area (Å²) >= 11 is 0. The number of nitrogens with two attached hydrogens (primary N) is 3. The van der Waals surface area contributed by atoms with Crippen molar-refractivity contribution in [3.8, 4) is 5.75 Å². The van der Waals surface area contributed by atoms with Crippen LogP contribution in [0, 0.1) is 35.0 Å². The molecule has 2 aliphatic carbocycles. The Hall–Kier alpha value is -3.47. The summed E-state index contributed by atoms with van der Waals surface area (Å²) in [7, 11) is 0. The standard InChI is InChI=1S/C26H34N6O5/c1-25(2,3)20(27)23(35)32-11-14-12-4-5-13(8-12)19(14)26(32,24(29)36)15(21(28)33)9-18-22(34)31-16-10-30-7-6-17(16)37-18/h4-7,10,12-15,18-20H,8-9,11,27H2,1-3H3,(H2,28,33)(H2,29,36)(H,31,34)/t12?,13?,14?,15-,18+,19?,20-,26?/m1/s1. The molecular weight excluding hydrogens is 476 g/mol. The maximum Gasteiger partial charge on any atom is 0.265 e. The van der Waals surface area contributed by atoms with E-state index in [-0.39, 0.29) is 30.7 Å². The Morgan fingerprint density at radius 2 is 1.95 bits per heavy atom. The molecule has 4 aliphatic rings. The predicted octanol–water partition coefficient (Wildman–Crippen LogP) is 0.151. The highest BCUT2D eigenvalue weighted by Crippen LogP contribution is 2.60. The zero-order valence-electron chi connectivity index (χ0n) is 21.2. The van der Waals surface area contributed by atoms with E-state index in [1.54, 1.807) is 6.07 Å². The van der Waals surface area contributed by atoms with Crippen LogP contribution in [0.3, 0.4) is 0 Å². The first kappa shape index (κ1) is 25.2. The number of fused-ring (bicyclic) bond motifs is 6. The molecule has 4 amide bonds. The fraction of sp³-hybridized carbons (Fsp3) is 0.577. The van der Waals surface area contributed by atoms with Gasteiger partial charge in [0.05, 0.1) is 18.2 Å². The highest BCUT2D eigenvalue weighted by atomic mass is 16.5. The van der Waals surface area contributed by atoms with E-state index in [9.17, 15) is 19.2 Å². The smallest absolute Gasteiger partial charge is 0.265 e. The number of allylic oxidation sites excluding steroid dienone is 2. The maximum atomic E-state index is 13.9. The van der Waals surface area contributed by atoms with Crippen LogP contribution in [0.1, 0.15) is 33.6 Å². The number of nitrogens with one attached hydrogen (secondary N) is 1. The fourth-order valence-corrected chi connectivity index (χ4v) is 6.95. The number of aromatic nitrogens is 1. The Morgan fingerprint density at radius 1 is 1.24 bits per heavy atom. The summed E-state index contributed by atoms with van der Waals surface area (Å²) in [5, 5.41) is 2.73. The third kappa shape index (κ3) is 3.70. The molecule has 1 aromatic rings. The molecule has 2 fully saturated rings. The van der Waals surface area contributed by atoms with Gasteiger partial charge in [0.2, 0.25) is 17.7 Å². The van der Waals surface area contributed by atoms with Gasteiger partial charge in [-0.25, -0.2) is 0 Å². The second-order valence-corrected chi connectivity index (χ2v) is 11.8. The van der Waals surface area contributed by atoms with E-state index < -0.39 is 58.6 Å². The van der Waals surface area contributed by atoms with Crippen LogP contribution < -0.4 is 27.3 Å². The number of amides is 4. The van der Waals surface area contributed by atoms with Gasteiger partial charge in [-0.2, -0.15) is 0 Å². The second-order valence-electron chi connectivity index (χ2n) is 11.8. The van der Waals surface area contributed by atoms with Crippen LogP contribution in [-0.4, -0.2) is 57.7 Å². The van der Waals surface area contributed by atoms with Crippen molar-refractivity contribution in [1.82, 2.24) is 9.88 Å². The molecule has 3 heterocycles. The van der Waals surface area contributed by atoms with Gasteiger partial charge in [0, 0.05) is 31.1 Å². The molecule has 7 N–H and O–H groups in total. The SMILES string of the molecule is CC(C)(C)[C@H](N)C(=O)N1CC2C3C=CC(C3)C2C1(C(N)=O)[C@H](C[C@@H]1Oc2ccncc2NC1=O)C(N)=O. The van der Waals surface area contributed by atoms with Crippen molar-refractivity contribution in [2.24, 2.45) is 52.2 Å². The van der Waals surface area contributed by atoms with E-state index >= 15 is 0 Å². The third-order valence-electron chi connectivity index (χ3n) is 8.76. The lowest BCUT2D eigenvalue weighted by Crippen LogP contribution is -2.69. The van der Waals surface area contributed by atoms with E-state index in [4.69, 9.17) is 21.9 Å². The molecule has 0 spiro atoms. The Labute approximate surface area is 215 Å². The lowest BCUT2D eigenvalue weighted by molar-refractivity contribution is -0.157. The molecule has 1 saturated carbocycles.